The molecule has 1 amide bonds. The van der Waals surface area contributed by atoms with E-state index in [-0.39, 0.29) is 0 Å². The third-order valence-corrected chi connectivity index (χ3v) is 4.49. The van der Waals surface area contributed by atoms with Gasteiger partial charge in [-0.3, -0.25) is 4.79 Å². The summed E-state index contributed by atoms with van der Waals surface area (Å²) in [4.78, 5) is 19.5. The van der Waals surface area contributed by atoms with Gasteiger partial charge in [-0.25, -0.2) is 9.97 Å². The molecule has 0 aliphatic heterocycles. The van der Waals surface area contributed by atoms with Gasteiger partial charge in [0.15, 0.2) is 0 Å². The van der Waals surface area contributed by atoms with Crippen LogP contribution in [0.25, 0.3) is 22.0 Å². The molecule has 2 N–H and O–H groups in total. The van der Waals surface area contributed by atoms with Gasteiger partial charge in [0.25, 0.3) is 0 Å². The first-order valence-corrected chi connectivity index (χ1v) is 8.50. The first kappa shape index (κ1) is 16.8. The second-order valence-corrected chi connectivity index (χ2v) is 6.28. The molecule has 4 rings (SSSR count). The maximum atomic E-state index is 13.3. The van der Waals surface area contributed by atoms with E-state index in [1.165, 1.54) is 6.20 Å². The highest BCUT2D eigenvalue weighted by molar-refractivity contribution is 6.01. The van der Waals surface area contributed by atoms with Gasteiger partial charge in [-0.2, -0.15) is 4.39 Å². The minimum Gasteiger partial charge on any atom is -0.366 e. The molecule has 4 nitrogen and oxygen atoms in total. The normalized spacial score (nSPS) is 10.9. The molecule has 5 heteroatoms. The Bertz CT molecular complexity index is 1140. The predicted molar refractivity (Wildman–Crippen MR) is 103 cm³/mol. The summed E-state index contributed by atoms with van der Waals surface area (Å²) in [6.07, 6.45) is 1.33. The monoisotopic (exact) mass is 357 g/mol. The number of aromatic nitrogens is 2. The van der Waals surface area contributed by atoms with Crippen LogP contribution in [0, 0.1) is 6.08 Å². The number of benzene rings is 3. The molecule has 132 valence electrons. The van der Waals surface area contributed by atoms with Gasteiger partial charge in [-0.15, -0.1) is 0 Å². The molecular formula is C22H16FN3O. The summed E-state index contributed by atoms with van der Waals surface area (Å²) < 4.78 is 13.3. The number of nitrogens with zero attached hydrogens (tertiary/aromatic N) is 2. The standard InChI is InChI=1S/C22H16FN3O/c23-22-25-13-17-12-16(9-10-19(17)26-22)20-15(7-4-8-18(20)21(24)27)11-14-5-2-1-3-6-14/h1-10,12-13H,11H2,(H2,24,27). The van der Waals surface area contributed by atoms with Crippen molar-refractivity contribution in [3.8, 4) is 11.1 Å². The van der Waals surface area contributed by atoms with E-state index in [2.05, 4.69) is 9.97 Å². The van der Waals surface area contributed by atoms with E-state index in [0.29, 0.717) is 22.9 Å². The van der Waals surface area contributed by atoms with Crippen LogP contribution in [-0.2, 0) is 6.42 Å². The minimum absolute atomic E-state index is 0.450. The second-order valence-electron chi connectivity index (χ2n) is 6.28. The summed E-state index contributed by atoms with van der Waals surface area (Å²) in [7, 11) is 0. The Morgan fingerprint density at radius 2 is 1.81 bits per heavy atom. The van der Waals surface area contributed by atoms with Gasteiger partial charge in [-0.1, -0.05) is 48.5 Å². The van der Waals surface area contributed by atoms with E-state index in [0.717, 1.165) is 22.3 Å². The molecule has 0 spiro atoms. The fraction of sp³-hybridized carbons (Fsp3) is 0.0455. The van der Waals surface area contributed by atoms with Crippen molar-refractivity contribution in [2.24, 2.45) is 5.73 Å². The number of amides is 1. The van der Waals surface area contributed by atoms with E-state index in [4.69, 9.17) is 5.73 Å². The van der Waals surface area contributed by atoms with Gasteiger partial charge >= 0.3 is 6.08 Å². The number of nitrogens with two attached hydrogens (primary N) is 1. The molecule has 3 aromatic carbocycles. The molecule has 0 saturated carbocycles. The molecule has 0 bridgehead atoms. The molecule has 0 aliphatic carbocycles. The van der Waals surface area contributed by atoms with Crippen LogP contribution in [0.4, 0.5) is 4.39 Å². The van der Waals surface area contributed by atoms with Crippen LogP contribution in [-0.4, -0.2) is 15.9 Å². The van der Waals surface area contributed by atoms with Crippen LogP contribution < -0.4 is 5.73 Å². The highest BCUT2D eigenvalue weighted by atomic mass is 19.1. The molecule has 1 aromatic heterocycles. The SMILES string of the molecule is NC(=O)c1cccc(Cc2ccccc2)c1-c1ccc2nc(F)ncc2c1. The molecular weight excluding hydrogens is 341 g/mol. The zero-order chi connectivity index (χ0) is 18.8. The van der Waals surface area contributed by atoms with Gasteiger partial charge < -0.3 is 5.73 Å². The lowest BCUT2D eigenvalue weighted by atomic mass is 9.90. The molecule has 27 heavy (non-hydrogen) atoms. The van der Waals surface area contributed by atoms with Crippen molar-refractivity contribution >= 4 is 16.8 Å². The summed E-state index contributed by atoms with van der Waals surface area (Å²) in [6.45, 7) is 0. The van der Waals surface area contributed by atoms with Crippen molar-refractivity contribution in [2.75, 3.05) is 0 Å². The number of fused-ring (bicyclic) bond motifs is 1. The predicted octanol–water partition coefficient (Wildman–Crippen LogP) is 4.13. The molecule has 0 atom stereocenters. The molecule has 4 aromatic rings. The van der Waals surface area contributed by atoms with Crippen LogP contribution in [0.5, 0.6) is 0 Å². The molecule has 0 radical (unpaired) electrons. The fourth-order valence-corrected chi connectivity index (χ4v) is 3.28. The van der Waals surface area contributed by atoms with E-state index in [1.54, 1.807) is 12.1 Å². The molecule has 0 unspecified atom stereocenters. The lowest BCUT2D eigenvalue weighted by Crippen LogP contribution is -2.13. The summed E-state index contributed by atoms with van der Waals surface area (Å²) in [6, 6.07) is 20.9. The quantitative estimate of drug-likeness (QED) is 0.559. The number of carbonyl (C=O) groups is 1. The maximum absolute atomic E-state index is 13.3. The van der Waals surface area contributed by atoms with Crippen molar-refractivity contribution in [2.45, 2.75) is 6.42 Å². The molecule has 1 heterocycles. The Kier molecular flexibility index (Phi) is 4.34. The number of hydrogen-bond donors (Lipinski definition) is 1. The number of hydrogen-bond acceptors (Lipinski definition) is 3. The minimum atomic E-state index is -0.766. The van der Waals surface area contributed by atoms with Gasteiger partial charge in [0.2, 0.25) is 5.91 Å². The number of carbonyl (C=O) groups excluding carboxylic acids is 1. The third kappa shape index (κ3) is 3.40. The Balaban J connectivity index is 1.89. The summed E-state index contributed by atoms with van der Waals surface area (Å²) in [5, 5.41) is 0.693. The van der Waals surface area contributed by atoms with E-state index in [1.807, 2.05) is 54.6 Å². The Labute approximate surface area is 155 Å². The zero-order valence-electron chi connectivity index (χ0n) is 14.4. The molecule has 0 fully saturated rings. The first-order chi connectivity index (χ1) is 13.1. The summed E-state index contributed by atoms with van der Waals surface area (Å²) in [5.41, 5.74) is 10.3. The van der Waals surface area contributed by atoms with Crippen LogP contribution in [0.15, 0.2) is 72.9 Å². The smallest absolute Gasteiger partial charge is 0.309 e. The van der Waals surface area contributed by atoms with Gasteiger partial charge in [-0.05, 0) is 46.9 Å². The average molecular weight is 357 g/mol. The number of halogens is 1. The lowest BCUT2D eigenvalue weighted by molar-refractivity contribution is 0.100. The third-order valence-electron chi connectivity index (χ3n) is 4.49. The Hall–Kier alpha value is -3.60. The van der Waals surface area contributed by atoms with Crippen LogP contribution >= 0.6 is 0 Å². The van der Waals surface area contributed by atoms with Gasteiger partial charge in [0, 0.05) is 17.1 Å². The highest BCUT2D eigenvalue weighted by Gasteiger charge is 2.15. The van der Waals surface area contributed by atoms with Crippen molar-refractivity contribution in [3.63, 3.8) is 0 Å². The number of rotatable bonds is 4. The van der Waals surface area contributed by atoms with Crippen molar-refractivity contribution in [3.05, 3.63) is 95.7 Å². The largest absolute Gasteiger partial charge is 0.366 e. The topological polar surface area (TPSA) is 68.9 Å². The fourth-order valence-electron chi connectivity index (χ4n) is 3.28. The zero-order valence-corrected chi connectivity index (χ0v) is 14.4. The molecule has 0 saturated heterocycles. The van der Waals surface area contributed by atoms with E-state index >= 15 is 0 Å². The van der Waals surface area contributed by atoms with Crippen molar-refractivity contribution < 1.29 is 9.18 Å². The average Bonchev–Trinajstić information content (AvgIpc) is 2.68. The maximum Gasteiger partial charge on any atom is 0.309 e. The van der Waals surface area contributed by atoms with E-state index < -0.39 is 12.0 Å². The lowest BCUT2D eigenvalue weighted by Gasteiger charge is -2.14. The summed E-state index contributed by atoms with van der Waals surface area (Å²) >= 11 is 0. The van der Waals surface area contributed by atoms with Crippen molar-refractivity contribution in [1.29, 1.82) is 0 Å². The number of primary amides is 1. The highest BCUT2D eigenvalue weighted by Crippen LogP contribution is 2.31. The Morgan fingerprint density at radius 3 is 2.59 bits per heavy atom. The van der Waals surface area contributed by atoms with Gasteiger partial charge in [0.05, 0.1) is 5.52 Å². The van der Waals surface area contributed by atoms with Gasteiger partial charge in [0.1, 0.15) is 0 Å². The first-order valence-electron chi connectivity index (χ1n) is 8.50. The van der Waals surface area contributed by atoms with Crippen molar-refractivity contribution in [1.82, 2.24) is 9.97 Å². The molecule has 0 aliphatic rings. The van der Waals surface area contributed by atoms with Crippen LogP contribution in [0.2, 0.25) is 0 Å². The van der Waals surface area contributed by atoms with Crippen LogP contribution in [0.1, 0.15) is 21.5 Å². The summed E-state index contributed by atoms with van der Waals surface area (Å²) in [5.74, 6) is -0.490. The Morgan fingerprint density at radius 1 is 1.00 bits per heavy atom. The second kappa shape index (κ2) is 6.96. The van der Waals surface area contributed by atoms with Crippen LogP contribution in [0.3, 0.4) is 0 Å². The van der Waals surface area contributed by atoms with E-state index in [9.17, 15) is 9.18 Å².